The quantitative estimate of drug-likeness (QED) is 0.617. The Kier molecular flexibility index (Phi) is 2.81. The molecule has 5 heteroatoms. The van der Waals surface area contributed by atoms with Crippen LogP contribution in [0.15, 0.2) is 18.2 Å². The minimum absolute atomic E-state index is 0.137. The van der Waals surface area contributed by atoms with Gasteiger partial charge in [0.15, 0.2) is 0 Å². The van der Waals surface area contributed by atoms with Crippen molar-refractivity contribution in [1.82, 2.24) is 0 Å². The van der Waals surface area contributed by atoms with Crippen LogP contribution >= 0.6 is 11.6 Å². The fourth-order valence-corrected chi connectivity index (χ4v) is 2.53. The molecule has 2 amide bonds. The first-order valence-electron chi connectivity index (χ1n) is 6.00. The third-order valence-electron chi connectivity index (χ3n) is 3.39. The summed E-state index contributed by atoms with van der Waals surface area (Å²) in [5.74, 6) is 5.03. The lowest BCUT2D eigenvalue weighted by molar-refractivity contribution is -0.123. The number of carbonyl (C=O) groups is 2. The predicted octanol–water partition coefficient (Wildman–Crippen LogP) is 1.16. The van der Waals surface area contributed by atoms with E-state index in [1.807, 2.05) is 0 Å². The van der Waals surface area contributed by atoms with E-state index in [4.69, 9.17) is 17.3 Å². The van der Waals surface area contributed by atoms with Gasteiger partial charge in [0, 0.05) is 10.6 Å². The second-order valence-corrected chi connectivity index (χ2v) is 5.06. The van der Waals surface area contributed by atoms with Gasteiger partial charge in [-0.05, 0) is 24.6 Å². The van der Waals surface area contributed by atoms with Crippen molar-refractivity contribution in [2.75, 3.05) is 11.4 Å². The summed E-state index contributed by atoms with van der Waals surface area (Å²) in [6.07, 6.45) is 0.679. The number of amides is 2. The molecule has 1 aliphatic heterocycles. The summed E-state index contributed by atoms with van der Waals surface area (Å²) in [6, 6.07) is 4.98. The number of fused-ring (bicyclic) bond motifs is 1. The Labute approximate surface area is 115 Å². The van der Waals surface area contributed by atoms with Crippen LogP contribution in [0.2, 0.25) is 5.02 Å². The van der Waals surface area contributed by atoms with Gasteiger partial charge in [-0.2, -0.15) is 0 Å². The molecule has 0 radical (unpaired) electrons. The van der Waals surface area contributed by atoms with Crippen molar-refractivity contribution in [2.45, 2.75) is 6.42 Å². The van der Waals surface area contributed by atoms with Gasteiger partial charge in [0.1, 0.15) is 0 Å². The molecule has 1 aliphatic carbocycles. The van der Waals surface area contributed by atoms with Gasteiger partial charge in [-0.3, -0.25) is 9.59 Å². The zero-order valence-electron chi connectivity index (χ0n) is 10.0. The molecule has 96 valence electrons. The fraction of sp³-hybridized carbons (Fsp3) is 0.286. The summed E-state index contributed by atoms with van der Waals surface area (Å²) >= 11 is 5.95. The monoisotopic (exact) mass is 274 g/mol. The number of anilines is 1. The number of rotatable bonds is 1. The second kappa shape index (κ2) is 4.37. The lowest BCUT2D eigenvalue weighted by Gasteiger charge is -2.18. The van der Waals surface area contributed by atoms with E-state index in [0.29, 0.717) is 22.7 Å². The van der Waals surface area contributed by atoms with Crippen LogP contribution in [0.5, 0.6) is 0 Å². The molecule has 0 aromatic heterocycles. The van der Waals surface area contributed by atoms with Crippen LogP contribution < -0.4 is 10.6 Å². The number of hydrogen-bond donors (Lipinski definition) is 1. The number of nitrogens with two attached hydrogens (primary N) is 1. The Morgan fingerprint density at radius 2 is 2.00 bits per heavy atom. The summed E-state index contributed by atoms with van der Waals surface area (Å²) < 4.78 is 0. The van der Waals surface area contributed by atoms with Crippen LogP contribution in [0.3, 0.4) is 0 Å². The molecular formula is C14H11ClN2O2. The minimum Gasteiger partial charge on any atom is -0.320 e. The van der Waals surface area contributed by atoms with Crippen molar-refractivity contribution >= 4 is 29.1 Å². The van der Waals surface area contributed by atoms with E-state index >= 15 is 0 Å². The second-order valence-electron chi connectivity index (χ2n) is 4.63. The van der Waals surface area contributed by atoms with Crippen molar-refractivity contribution in [3.8, 4) is 11.8 Å². The van der Waals surface area contributed by atoms with E-state index in [1.54, 1.807) is 18.2 Å². The lowest BCUT2D eigenvalue weighted by Crippen LogP contribution is -2.33. The molecule has 2 N–H and O–H groups in total. The SMILES string of the molecule is NCC#Cc1ccc(Cl)cc1N1C(=O)C2CC2C1=O. The number of nitrogens with zero attached hydrogens (tertiary/aromatic N) is 1. The maximum absolute atomic E-state index is 12.1. The Hall–Kier alpha value is -1.83. The Morgan fingerprint density at radius 3 is 2.63 bits per heavy atom. The number of benzene rings is 1. The Balaban J connectivity index is 2.06. The van der Waals surface area contributed by atoms with E-state index in [1.165, 1.54) is 4.90 Å². The van der Waals surface area contributed by atoms with Gasteiger partial charge < -0.3 is 5.73 Å². The zero-order chi connectivity index (χ0) is 13.6. The average molecular weight is 275 g/mol. The highest BCUT2D eigenvalue weighted by molar-refractivity contribution is 6.32. The van der Waals surface area contributed by atoms with E-state index in [2.05, 4.69) is 11.8 Å². The first-order valence-corrected chi connectivity index (χ1v) is 6.37. The van der Waals surface area contributed by atoms with E-state index in [9.17, 15) is 9.59 Å². The van der Waals surface area contributed by atoms with Crippen molar-refractivity contribution in [1.29, 1.82) is 0 Å². The number of piperidine rings is 1. The number of imide groups is 1. The van der Waals surface area contributed by atoms with Gasteiger partial charge in [-0.15, -0.1) is 0 Å². The Bertz CT molecular complexity index is 625. The molecule has 2 atom stereocenters. The van der Waals surface area contributed by atoms with Gasteiger partial charge in [0.25, 0.3) is 0 Å². The highest BCUT2D eigenvalue weighted by Crippen LogP contribution is 2.49. The molecule has 3 rings (SSSR count). The molecule has 0 spiro atoms. The van der Waals surface area contributed by atoms with Crippen LogP contribution in [-0.4, -0.2) is 18.4 Å². The molecule has 2 aliphatic rings. The molecule has 1 saturated heterocycles. The number of halogens is 1. The molecule has 2 fully saturated rings. The maximum atomic E-state index is 12.1. The smallest absolute Gasteiger partial charge is 0.237 e. The summed E-state index contributed by atoms with van der Waals surface area (Å²) in [5.41, 5.74) is 6.41. The Morgan fingerprint density at radius 1 is 1.32 bits per heavy atom. The molecule has 1 heterocycles. The van der Waals surface area contributed by atoms with E-state index in [0.717, 1.165) is 0 Å². The molecule has 1 aromatic carbocycles. The van der Waals surface area contributed by atoms with Crippen molar-refractivity contribution in [3.63, 3.8) is 0 Å². The average Bonchev–Trinajstić information content (AvgIpc) is 3.13. The predicted molar refractivity (Wildman–Crippen MR) is 71.5 cm³/mol. The molecule has 1 aromatic rings. The molecule has 0 bridgehead atoms. The minimum atomic E-state index is -0.145. The third kappa shape index (κ3) is 1.92. The fourth-order valence-electron chi connectivity index (χ4n) is 2.36. The van der Waals surface area contributed by atoms with Gasteiger partial charge >= 0.3 is 0 Å². The van der Waals surface area contributed by atoms with Crippen LogP contribution in [0.4, 0.5) is 5.69 Å². The zero-order valence-corrected chi connectivity index (χ0v) is 10.8. The van der Waals surface area contributed by atoms with E-state index in [-0.39, 0.29) is 30.2 Å². The summed E-state index contributed by atoms with van der Waals surface area (Å²) in [4.78, 5) is 25.4. The summed E-state index contributed by atoms with van der Waals surface area (Å²) in [6.45, 7) is 0.217. The van der Waals surface area contributed by atoms with Crippen molar-refractivity contribution in [3.05, 3.63) is 28.8 Å². The van der Waals surface area contributed by atoms with E-state index < -0.39 is 0 Å². The van der Waals surface area contributed by atoms with Crippen LogP contribution in [0.25, 0.3) is 0 Å². The molecule has 1 saturated carbocycles. The highest BCUT2D eigenvalue weighted by atomic mass is 35.5. The molecule has 2 unspecified atom stereocenters. The van der Waals surface area contributed by atoms with Crippen LogP contribution in [-0.2, 0) is 9.59 Å². The summed E-state index contributed by atoms with van der Waals surface area (Å²) in [5, 5.41) is 0.467. The summed E-state index contributed by atoms with van der Waals surface area (Å²) in [7, 11) is 0. The number of carbonyl (C=O) groups excluding carboxylic acids is 2. The van der Waals surface area contributed by atoms with Gasteiger partial charge in [0.2, 0.25) is 11.8 Å². The lowest BCUT2D eigenvalue weighted by atomic mass is 10.1. The van der Waals surface area contributed by atoms with Crippen LogP contribution in [0.1, 0.15) is 12.0 Å². The maximum Gasteiger partial charge on any atom is 0.237 e. The number of hydrogen-bond acceptors (Lipinski definition) is 3. The van der Waals surface area contributed by atoms with Crippen LogP contribution in [0, 0.1) is 23.7 Å². The first-order chi connectivity index (χ1) is 9.13. The normalized spacial score (nSPS) is 24.0. The molecule has 4 nitrogen and oxygen atoms in total. The van der Waals surface area contributed by atoms with Gasteiger partial charge in [-0.1, -0.05) is 23.4 Å². The largest absolute Gasteiger partial charge is 0.320 e. The third-order valence-corrected chi connectivity index (χ3v) is 3.63. The first kappa shape index (κ1) is 12.2. The topological polar surface area (TPSA) is 63.4 Å². The molecular weight excluding hydrogens is 264 g/mol. The van der Waals surface area contributed by atoms with Crippen molar-refractivity contribution < 1.29 is 9.59 Å². The molecule has 19 heavy (non-hydrogen) atoms. The highest BCUT2D eigenvalue weighted by Gasteiger charge is 2.59. The van der Waals surface area contributed by atoms with Gasteiger partial charge in [-0.25, -0.2) is 4.90 Å². The van der Waals surface area contributed by atoms with Crippen molar-refractivity contribution in [2.24, 2.45) is 17.6 Å². The van der Waals surface area contributed by atoms with Gasteiger partial charge in [0.05, 0.1) is 24.1 Å². The standard InChI is InChI=1S/C14H11ClN2O2/c15-9-4-3-8(2-1-5-16)12(6-9)17-13(18)10-7-11(10)14(17)19/h3-4,6,10-11H,5,7,16H2.